The lowest BCUT2D eigenvalue weighted by atomic mass is 10.1. The fourth-order valence-electron chi connectivity index (χ4n) is 4.10. The van der Waals surface area contributed by atoms with Gasteiger partial charge in [0.25, 0.3) is 5.91 Å². The van der Waals surface area contributed by atoms with Gasteiger partial charge in [-0.15, -0.1) is 0 Å². The molecule has 1 fully saturated rings. The summed E-state index contributed by atoms with van der Waals surface area (Å²) in [5, 5.41) is 1.69. The smallest absolute Gasteiger partial charge is 0.269 e. The number of hydrogen-bond donors (Lipinski definition) is 0. The average Bonchev–Trinajstić information content (AvgIpc) is 3.40. The van der Waals surface area contributed by atoms with Crippen LogP contribution >= 0.6 is 23.5 Å². The van der Waals surface area contributed by atoms with E-state index >= 15 is 0 Å². The molecule has 2 aliphatic rings. The van der Waals surface area contributed by atoms with Gasteiger partial charge in [0.05, 0.1) is 18.5 Å². The van der Waals surface area contributed by atoms with Crippen molar-refractivity contribution in [3.63, 3.8) is 0 Å². The Morgan fingerprint density at radius 3 is 2.43 bits per heavy atom. The fraction of sp³-hybridized carbons (Fsp3) is 0.214. The Kier molecular flexibility index (Phi) is 6.88. The third-order valence-corrected chi connectivity index (χ3v) is 8.39. The van der Waals surface area contributed by atoms with Crippen molar-refractivity contribution in [1.29, 1.82) is 0 Å². The van der Waals surface area contributed by atoms with E-state index in [4.69, 9.17) is 9.73 Å². The highest BCUT2D eigenvalue weighted by atomic mass is 32.2. The van der Waals surface area contributed by atoms with Crippen LogP contribution in [0.3, 0.4) is 0 Å². The molecule has 0 spiro atoms. The zero-order chi connectivity index (χ0) is 24.4. The van der Waals surface area contributed by atoms with Gasteiger partial charge in [0, 0.05) is 24.1 Å². The summed E-state index contributed by atoms with van der Waals surface area (Å²) in [6, 6.07) is 24.4. The standard InChI is InChI=1S/C28H27N3O2S2/c1-4-30-23-18-22(33-3)14-15-24(23)34-27(30)25-26(32)31(17-16-20-8-6-5-7-9-20)28(35-25)29-21-12-10-19(2)11-13-21/h5-15,18H,4,16-17H2,1-3H3. The lowest BCUT2D eigenvalue weighted by molar-refractivity contribution is -0.122. The van der Waals surface area contributed by atoms with Crippen LogP contribution in [0.15, 0.2) is 92.6 Å². The number of fused-ring (bicyclic) bond motifs is 1. The van der Waals surface area contributed by atoms with Crippen molar-refractivity contribution in [1.82, 2.24) is 4.90 Å². The normalized spacial score (nSPS) is 18.5. The number of thioether (sulfide) groups is 2. The summed E-state index contributed by atoms with van der Waals surface area (Å²) in [7, 11) is 1.67. The third kappa shape index (κ3) is 4.83. The molecule has 0 N–H and O–H groups in total. The molecule has 3 aromatic carbocycles. The van der Waals surface area contributed by atoms with Gasteiger partial charge >= 0.3 is 0 Å². The first-order valence-corrected chi connectivity index (χ1v) is 13.3. The number of amidine groups is 1. The van der Waals surface area contributed by atoms with Crippen molar-refractivity contribution < 1.29 is 9.53 Å². The predicted molar refractivity (Wildman–Crippen MR) is 147 cm³/mol. The van der Waals surface area contributed by atoms with Gasteiger partial charge in [-0.05, 0) is 61.9 Å². The van der Waals surface area contributed by atoms with Crippen molar-refractivity contribution >= 4 is 46.0 Å². The molecule has 2 heterocycles. The number of ether oxygens (including phenoxy) is 1. The molecule has 0 aromatic heterocycles. The zero-order valence-electron chi connectivity index (χ0n) is 20.0. The van der Waals surface area contributed by atoms with E-state index in [0.29, 0.717) is 6.54 Å². The first-order chi connectivity index (χ1) is 17.1. The van der Waals surface area contributed by atoms with Crippen molar-refractivity contribution in [3.8, 4) is 5.75 Å². The Morgan fingerprint density at radius 1 is 0.943 bits per heavy atom. The minimum Gasteiger partial charge on any atom is -0.497 e. The van der Waals surface area contributed by atoms with Crippen LogP contribution in [0, 0.1) is 6.92 Å². The summed E-state index contributed by atoms with van der Waals surface area (Å²) < 4.78 is 5.45. The minimum absolute atomic E-state index is 0.0116. The number of nitrogens with zero attached hydrogens (tertiary/aromatic N) is 3. The number of hydrogen-bond acceptors (Lipinski definition) is 6. The van der Waals surface area contributed by atoms with Crippen LogP contribution < -0.4 is 9.64 Å². The lowest BCUT2D eigenvalue weighted by Crippen LogP contribution is -2.32. The van der Waals surface area contributed by atoms with E-state index in [-0.39, 0.29) is 5.91 Å². The maximum atomic E-state index is 13.8. The number of anilines is 1. The summed E-state index contributed by atoms with van der Waals surface area (Å²) in [5.74, 6) is 0.822. The molecule has 0 aliphatic carbocycles. The molecule has 178 valence electrons. The number of amides is 1. The summed E-state index contributed by atoms with van der Waals surface area (Å²) in [4.78, 5) is 24.6. The Labute approximate surface area is 214 Å². The number of carbonyl (C=O) groups excluding carboxylic acids is 1. The summed E-state index contributed by atoms with van der Waals surface area (Å²) in [5.41, 5.74) is 4.31. The van der Waals surface area contributed by atoms with Crippen molar-refractivity contribution in [3.05, 3.63) is 93.9 Å². The second kappa shape index (κ2) is 10.2. The zero-order valence-corrected chi connectivity index (χ0v) is 21.7. The molecule has 7 heteroatoms. The Hall–Kier alpha value is -3.16. The maximum absolute atomic E-state index is 13.8. The van der Waals surface area contributed by atoms with E-state index in [1.165, 1.54) is 22.9 Å². The Balaban J connectivity index is 1.51. The largest absolute Gasteiger partial charge is 0.497 e. The molecule has 2 aliphatic heterocycles. The number of aryl methyl sites for hydroxylation is 1. The molecule has 35 heavy (non-hydrogen) atoms. The molecule has 0 saturated carbocycles. The molecule has 3 aromatic rings. The summed E-state index contributed by atoms with van der Waals surface area (Å²) in [6.45, 7) is 5.50. The monoisotopic (exact) mass is 501 g/mol. The van der Waals surface area contributed by atoms with E-state index in [0.717, 1.165) is 50.1 Å². The van der Waals surface area contributed by atoms with Gasteiger partial charge in [-0.2, -0.15) is 0 Å². The molecule has 1 saturated heterocycles. The molecule has 5 rings (SSSR count). The van der Waals surface area contributed by atoms with Crippen LogP contribution in [0.2, 0.25) is 0 Å². The van der Waals surface area contributed by atoms with Crippen molar-refractivity contribution in [2.24, 2.45) is 4.99 Å². The van der Waals surface area contributed by atoms with Crippen molar-refractivity contribution in [2.45, 2.75) is 25.2 Å². The molecule has 0 atom stereocenters. The first-order valence-electron chi connectivity index (χ1n) is 11.6. The number of aliphatic imine (C=N–C) groups is 1. The molecule has 0 radical (unpaired) electrons. The predicted octanol–water partition coefficient (Wildman–Crippen LogP) is 6.61. The van der Waals surface area contributed by atoms with Crippen LogP contribution in [0.5, 0.6) is 5.75 Å². The number of methoxy groups -OCH3 is 1. The molecular formula is C28H27N3O2S2. The highest BCUT2D eigenvalue weighted by molar-refractivity contribution is 8.19. The van der Waals surface area contributed by atoms with E-state index < -0.39 is 0 Å². The Bertz CT molecular complexity index is 1300. The van der Waals surface area contributed by atoms with Gasteiger partial charge in [0.2, 0.25) is 0 Å². The van der Waals surface area contributed by atoms with Crippen LogP contribution in [0.25, 0.3) is 0 Å². The van der Waals surface area contributed by atoms with E-state index in [9.17, 15) is 4.79 Å². The molecule has 5 nitrogen and oxygen atoms in total. The summed E-state index contributed by atoms with van der Waals surface area (Å²) in [6.07, 6.45) is 0.769. The molecule has 1 amide bonds. The lowest BCUT2D eigenvalue weighted by Gasteiger charge is -2.19. The third-order valence-electron chi connectivity index (χ3n) is 6.01. The molecule has 0 bridgehead atoms. The second-order valence-corrected chi connectivity index (χ2v) is 10.3. The van der Waals surface area contributed by atoms with Crippen LogP contribution in [0.4, 0.5) is 11.4 Å². The molecule has 0 unspecified atom stereocenters. The highest BCUT2D eigenvalue weighted by Crippen LogP contribution is 2.51. The topological polar surface area (TPSA) is 45.1 Å². The average molecular weight is 502 g/mol. The number of rotatable bonds is 6. The van der Waals surface area contributed by atoms with Crippen LogP contribution in [-0.2, 0) is 11.2 Å². The first kappa shape index (κ1) is 23.6. The Morgan fingerprint density at radius 2 is 1.71 bits per heavy atom. The van der Waals surface area contributed by atoms with Crippen molar-refractivity contribution in [2.75, 3.05) is 25.1 Å². The fourth-order valence-corrected chi connectivity index (χ4v) is 6.50. The highest BCUT2D eigenvalue weighted by Gasteiger charge is 2.39. The van der Waals surface area contributed by atoms with Gasteiger partial charge in [-0.3, -0.25) is 9.69 Å². The van der Waals surface area contributed by atoms with Gasteiger partial charge in [-0.1, -0.05) is 59.8 Å². The van der Waals surface area contributed by atoms with Crippen LogP contribution in [-0.4, -0.2) is 36.2 Å². The quantitative estimate of drug-likeness (QED) is 0.356. The maximum Gasteiger partial charge on any atom is 0.269 e. The van der Waals surface area contributed by atoms with Crippen LogP contribution in [0.1, 0.15) is 18.1 Å². The van der Waals surface area contributed by atoms with E-state index in [1.54, 1.807) is 18.9 Å². The van der Waals surface area contributed by atoms with Gasteiger partial charge in [-0.25, -0.2) is 4.99 Å². The minimum atomic E-state index is 0.0116. The van der Waals surface area contributed by atoms with E-state index in [1.807, 2.05) is 59.5 Å². The van der Waals surface area contributed by atoms with Gasteiger partial charge in [0.1, 0.15) is 15.7 Å². The molecular weight excluding hydrogens is 474 g/mol. The van der Waals surface area contributed by atoms with Gasteiger partial charge in [0.15, 0.2) is 5.17 Å². The summed E-state index contributed by atoms with van der Waals surface area (Å²) >= 11 is 3.11. The van der Waals surface area contributed by atoms with E-state index in [2.05, 4.69) is 36.9 Å². The second-order valence-electron chi connectivity index (χ2n) is 8.34. The van der Waals surface area contributed by atoms with Gasteiger partial charge < -0.3 is 9.64 Å². The SMILES string of the molecule is CCN1C(=C2SC(=Nc3ccc(C)cc3)N(CCc3ccccc3)C2=O)Sc2ccc(OC)cc21. The number of carbonyl (C=O) groups is 1. The number of benzene rings is 3.